The van der Waals surface area contributed by atoms with Gasteiger partial charge in [-0.25, -0.2) is 4.98 Å². The van der Waals surface area contributed by atoms with Gasteiger partial charge in [0.1, 0.15) is 5.82 Å². The SMILES string of the molecule is O=C(CCN1CCC[C@@H](c2nnc3ccccn23)C1)Nc1nccs1. The third kappa shape index (κ3) is 3.69. The molecule has 1 saturated heterocycles. The second-order valence-electron chi connectivity index (χ2n) is 6.26. The van der Waals surface area contributed by atoms with Crippen LogP contribution in [0.1, 0.15) is 31.0 Å². The number of hydrogen-bond donors (Lipinski definition) is 1. The summed E-state index contributed by atoms with van der Waals surface area (Å²) in [5.74, 6) is 1.39. The van der Waals surface area contributed by atoms with Gasteiger partial charge in [-0.1, -0.05) is 6.07 Å². The first-order chi connectivity index (χ1) is 12.3. The van der Waals surface area contributed by atoms with Crippen molar-refractivity contribution in [2.24, 2.45) is 0 Å². The summed E-state index contributed by atoms with van der Waals surface area (Å²) in [5.41, 5.74) is 0.887. The fourth-order valence-electron chi connectivity index (χ4n) is 3.33. The number of anilines is 1. The van der Waals surface area contributed by atoms with Crippen LogP contribution in [0.15, 0.2) is 36.0 Å². The molecule has 1 N–H and O–H groups in total. The summed E-state index contributed by atoms with van der Waals surface area (Å²) in [6.07, 6.45) is 6.41. The van der Waals surface area contributed by atoms with Gasteiger partial charge in [0.25, 0.3) is 0 Å². The quantitative estimate of drug-likeness (QED) is 0.760. The summed E-state index contributed by atoms with van der Waals surface area (Å²) in [7, 11) is 0. The second kappa shape index (κ2) is 7.28. The summed E-state index contributed by atoms with van der Waals surface area (Å²) in [4.78, 5) is 18.5. The molecule has 3 aromatic heterocycles. The van der Waals surface area contributed by atoms with E-state index in [1.165, 1.54) is 11.3 Å². The molecule has 0 aromatic carbocycles. The molecule has 0 unspecified atom stereocenters. The van der Waals surface area contributed by atoms with Crippen molar-refractivity contribution in [1.29, 1.82) is 0 Å². The van der Waals surface area contributed by atoms with E-state index in [2.05, 4.69) is 29.8 Å². The van der Waals surface area contributed by atoms with Crippen molar-refractivity contribution in [1.82, 2.24) is 24.5 Å². The number of fused-ring (bicyclic) bond motifs is 1. The summed E-state index contributed by atoms with van der Waals surface area (Å²) in [5, 5.41) is 14.0. The van der Waals surface area contributed by atoms with Crippen molar-refractivity contribution in [2.75, 3.05) is 25.0 Å². The maximum absolute atomic E-state index is 12.0. The molecule has 7 nitrogen and oxygen atoms in total. The Morgan fingerprint density at radius 1 is 1.36 bits per heavy atom. The van der Waals surface area contributed by atoms with Gasteiger partial charge in [-0.15, -0.1) is 21.5 Å². The molecule has 0 saturated carbocycles. The van der Waals surface area contributed by atoms with Crippen LogP contribution in [0, 0.1) is 0 Å². The number of nitrogens with zero attached hydrogens (tertiary/aromatic N) is 5. The number of hydrogen-bond acceptors (Lipinski definition) is 6. The molecule has 1 fully saturated rings. The van der Waals surface area contributed by atoms with E-state index in [0.29, 0.717) is 17.5 Å². The second-order valence-corrected chi connectivity index (χ2v) is 7.16. The lowest BCUT2D eigenvalue weighted by atomic mass is 9.97. The Morgan fingerprint density at radius 3 is 3.20 bits per heavy atom. The van der Waals surface area contributed by atoms with E-state index in [4.69, 9.17) is 0 Å². The predicted octanol–water partition coefficient (Wildman–Crippen LogP) is 2.39. The van der Waals surface area contributed by atoms with E-state index in [9.17, 15) is 4.79 Å². The molecule has 8 heteroatoms. The van der Waals surface area contributed by atoms with Gasteiger partial charge in [0.15, 0.2) is 10.8 Å². The van der Waals surface area contributed by atoms with E-state index in [1.807, 2.05) is 29.8 Å². The third-order valence-corrected chi connectivity index (χ3v) is 5.23. The number of piperidine rings is 1. The molecule has 1 atom stereocenters. The Bertz CT molecular complexity index is 846. The van der Waals surface area contributed by atoms with E-state index >= 15 is 0 Å². The molecule has 0 radical (unpaired) electrons. The molecule has 3 aromatic rings. The molecule has 0 bridgehead atoms. The maximum atomic E-state index is 12.0. The number of pyridine rings is 1. The number of carbonyl (C=O) groups is 1. The average Bonchev–Trinajstić information content (AvgIpc) is 3.30. The molecule has 4 heterocycles. The van der Waals surface area contributed by atoms with Crippen molar-refractivity contribution in [3.05, 3.63) is 41.8 Å². The highest BCUT2D eigenvalue weighted by Crippen LogP contribution is 2.26. The van der Waals surface area contributed by atoms with Crippen LogP contribution in [0.2, 0.25) is 0 Å². The Labute approximate surface area is 149 Å². The third-order valence-electron chi connectivity index (χ3n) is 4.54. The Hall–Kier alpha value is -2.32. The minimum atomic E-state index is 0.0185. The number of amides is 1. The number of likely N-dealkylation sites (tertiary alicyclic amines) is 1. The Balaban J connectivity index is 1.35. The lowest BCUT2D eigenvalue weighted by molar-refractivity contribution is -0.116. The zero-order chi connectivity index (χ0) is 17.1. The minimum Gasteiger partial charge on any atom is -0.302 e. The molecular weight excluding hydrogens is 336 g/mol. The zero-order valence-electron chi connectivity index (χ0n) is 13.8. The van der Waals surface area contributed by atoms with Crippen LogP contribution >= 0.6 is 11.3 Å². The Kier molecular flexibility index (Phi) is 4.71. The number of thiazole rings is 1. The Morgan fingerprint density at radius 2 is 2.32 bits per heavy atom. The molecule has 4 rings (SSSR count). The largest absolute Gasteiger partial charge is 0.302 e. The van der Waals surface area contributed by atoms with Crippen LogP contribution in [-0.4, -0.2) is 50.0 Å². The average molecular weight is 356 g/mol. The van der Waals surface area contributed by atoms with Crippen molar-refractivity contribution >= 4 is 28.0 Å². The molecule has 1 aliphatic heterocycles. The molecule has 1 aliphatic rings. The van der Waals surface area contributed by atoms with E-state index in [1.54, 1.807) is 6.20 Å². The molecule has 0 spiro atoms. The molecular formula is C17H20N6OS. The van der Waals surface area contributed by atoms with Crippen LogP contribution in [-0.2, 0) is 4.79 Å². The van der Waals surface area contributed by atoms with Crippen molar-refractivity contribution in [2.45, 2.75) is 25.2 Å². The standard InChI is InChI=1S/C17H20N6OS/c24-15(19-17-18-7-11-25-17)6-10-22-8-3-4-13(12-22)16-21-20-14-5-1-2-9-23(14)16/h1-2,5,7,9,11,13H,3-4,6,8,10,12H2,(H,18,19,24)/t13-/m1/s1. The van der Waals surface area contributed by atoms with Crippen molar-refractivity contribution in [3.8, 4) is 0 Å². The zero-order valence-corrected chi connectivity index (χ0v) is 14.7. The molecule has 25 heavy (non-hydrogen) atoms. The summed E-state index contributed by atoms with van der Waals surface area (Å²) < 4.78 is 2.07. The topological polar surface area (TPSA) is 75.4 Å². The fraction of sp³-hybridized carbons (Fsp3) is 0.412. The van der Waals surface area contributed by atoms with Gasteiger partial charge in [0.2, 0.25) is 5.91 Å². The molecule has 1 amide bonds. The minimum absolute atomic E-state index is 0.0185. The predicted molar refractivity (Wildman–Crippen MR) is 96.8 cm³/mol. The van der Waals surface area contributed by atoms with Crippen LogP contribution in [0.5, 0.6) is 0 Å². The fourth-order valence-corrected chi connectivity index (χ4v) is 3.88. The number of nitrogens with one attached hydrogen (secondary N) is 1. The summed E-state index contributed by atoms with van der Waals surface area (Å²) in [6.45, 7) is 2.70. The molecule has 130 valence electrons. The first kappa shape index (κ1) is 16.2. The van der Waals surface area contributed by atoms with Gasteiger partial charge >= 0.3 is 0 Å². The maximum Gasteiger partial charge on any atom is 0.227 e. The van der Waals surface area contributed by atoms with Gasteiger partial charge < -0.3 is 10.2 Å². The highest BCUT2D eigenvalue weighted by atomic mass is 32.1. The smallest absolute Gasteiger partial charge is 0.227 e. The molecule has 0 aliphatic carbocycles. The van der Waals surface area contributed by atoms with Crippen LogP contribution in [0.3, 0.4) is 0 Å². The number of rotatable bonds is 5. The van der Waals surface area contributed by atoms with Crippen LogP contribution in [0.25, 0.3) is 5.65 Å². The van der Waals surface area contributed by atoms with Gasteiger partial charge in [-0.05, 0) is 31.5 Å². The van der Waals surface area contributed by atoms with Crippen molar-refractivity contribution < 1.29 is 4.79 Å². The first-order valence-corrected chi connectivity index (χ1v) is 9.39. The van der Waals surface area contributed by atoms with Crippen LogP contribution < -0.4 is 5.32 Å². The van der Waals surface area contributed by atoms with Gasteiger partial charge in [0.05, 0.1) is 0 Å². The monoisotopic (exact) mass is 356 g/mol. The van der Waals surface area contributed by atoms with Crippen molar-refractivity contribution in [3.63, 3.8) is 0 Å². The summed E-state index contributed by atoms with van der Waals surface area (Å²) in [6, 6.07) is 5.95. The number of aromatic nitrogens is 4. The van der Waals surface area contributed by atoms with E-state index < -0.39 is 0 Å². The lowest BCUT2D eigenvalue weighted by Gasteiger charge is -2.31. The van der Waals surface area contributed by atoms with Crippen LogP contribution in [0.4, 0.5) is 5.13 Å². The highest BCUT2D eigenvalue weighted by Gasteiger charge is 2.25. The van der Waals surface area contributed by atoms with Gasteiger partial charge in [-0.3, -0.25) is 9.20 Å². The van der Waals surface area contributed by atoms with E-state index in [0.717, 1.165) is 43.9 Å². The summed E-state index contributed by atoms with van der Waals surface area (Å²) >= 11 is 1.44. The first-order valence-electron chi connectivity index (χ1n) is 8.51. The van der Waals surface area contributed by atoms with E-state index in [-0.39, 0.29) is 5.91 Å². The van der Waals surface area contributed by atoms with Gasteiger partial charge in [0, 0.05) is 43.2 Å². The van der Waals surface area contributed by atoms with Gasteiger partial charge in [-0.2, -0.15) is 0 Å². The highest BCUT2D eigenvalue weighted by molar-refractivity contribution is 7.13. The lowest BCUT2D eigenvalue weighted by Crippen LogP contribution is -2.37. The number of carbonyl (C=O) groups excluding carboxylic acids is 1. The normalized spacial score (nSPS) is 18.5.